The number of Topliss-reactive ketones (excluding diaryl/α,β-unsaturated/α-hetero) is 1. The van der Waals surface area contributed by atoms with Gasteiger partial charge in [-0.1, -0.05) is 49.7 Å². The lowest BCUT2D eigenvalue weighted by Gasteiger charge is -2.43. The van der Waals surface area contributed by atoms with Crippen molar-refractivity contribution in [1.29, 1.82) is 0 Å². The molecule has 0 atom stereocenters. The van der Waals surface area contributed by atoms with E-state index >= 15 is 0 Å². The summed E-state index contributed by atoms with van der Waals surface area (Å²) in [5.41, 5.74) is 3.64. The molecule has 2 aromatic rings. The Morgan fingerprint density at radius 3 is 2.15 bits per heavy atom. The highest BCUT2D eigenvalue weighted by atomic mass is 16.2. The molecule has 0 spiro atoms. The lowest BCUT2D eigenvalue weighted by Crippen LogP contribution is -2.55. The summed E-state index contributed by atoms with van der Waals surface area (Å²) >= 11 is 0. The topological polar surface area (TPSA) is 57.7 Å². The molecule has 2 aliphatic carbocycles. The average molecular weight is 445 g/mol. The molecule has 0 unspecified atom stereocenters. The minimum absolute atomic E-state index is 0.0206. The maximum absolute atomic E-state index is 13.0. The van der Waals surface area contributed by atoms with Crippen LogP contribution in [0.5, 0.6) is 0 Å². The van der Waals surface area contributed by atoms with Crippen molar-refractivity contribution < 1.29 is 14.4 Å². The van der Waals surface area contributed by atoms with Crippen molar-refractivity contribution >= 4 is 17.6 Å². The molecule has 1 heterocycles. The van der Waals surface area contributed by atoms with E-state index in [0.29, 0.717) is 43.9 Å². The van der Waals surface area contributed by atoms with Crippen LogP contribution < -0.4 is 0 Å². The second-order valence-corrected chi connectivity index (χ2v) is 10.2. The Labute approximate surface area is 195 Å². The molecule has 5 rings (SSSR count). The molecular formula is C28H32N2O3. The number of hydrogen-bond donors (Lipinski definition) is 0. The van der Waals surface area contributed by atoms with E-state index in [4.69, 9.17) is 0 Å². The first-order valence-corrected chi connectivity index (χ1v) is 12.2. The van der Waals surface area contributed by atoms with Crippen LogP contribution in [0.15, 0.2) is 48.5 Å². The molecule has 1 saturated heterocycles. The summed E-state index contributed by atoms with van der Waals surface area (Å²) < 4.78 is 0. The lowest BCUT2D eigenvalue weighted by molar-refractivity contribution is -0.147. The maximum Gasteiger partial charge on any atom is 0.253 e. The number of carbonyl (C=O) groups is 3. The van der Waals surface area contributed by atoms with E-state index in [-0.39, 0.29) is 23.1 Å². The second-order valence-electron chi connectivity index (χ2n) is 10.2. The zero-order valence-corrected chi connectivity index (χ0v) is 19.4. The number of carbonyl (C=O) groups excluding carboxylic acids is 3. The summed E-state index contributed by atoms with van der Waals surface area (Å²) in [6, 6.07) is 15.8. The van der Waals surface area contributed by atoms with E-state index < -0.39 is 0 Å². The van der Waals surface area contributed by atoms with Gasteiger partial charge < -0.3 is 9.80 Å². The standard InChI is InChI=1S/C28H32N2O3/c1-28(12-3-13-28)27(33)30-16-14-29(15-17-30)26(32)23-10-6-21(7-11-23)24-5-2-4-20(18-24)19-25(31)22-8-9-22/h2,4-7,10-11,18,22H,3,8-9,12-17,19H2,1H3. The molecule has 0 bridgehead atoms. The molecular weight excluding hydrogens is 412 g/mol. The summed E-state index contributed by atoms with van der Waals surface area (Å²) in [5.74, 6) is 0.899. The largest absolute Gasteiger partial charge is 0.339 e. The van der Waals surface area contributed by atoms with Gasteiger partial charge in [0.1, 0.15) is 5.78 Å². The number of amides is 2. The van der Waals surface area contributed by atoms with Gasteiger partial charge in [-0.25, -0.2) is 0 Å². The normalized spacial score (nSPS) is 19.7. The number of ketones is 1. The van der Waals surface area contributed by atoms with Crippen molar-refractivity contribution in [3.05, 3.63) is 59.7 Å². The van der Waals surface area contributed by atoms with Gasteiger partial charge in [-0.3, -0.25) is 14.4 Å². The van der Waals surface area contributed by atoms with Crippen LogP contribution >= 0.6 is 0 Å². The first-order chi connectivity index (χ1) is 15.9. The van der Waals surface area contributed by atoms with Gasteiger partial charge in [0.25, 0.3) is 5.91 Å². The third kappa shape index (κ3) is 4.59. The van der Waals surface area contributed by atoms with Gasteiger partial charge in [-0.2, -0.15) is 0 Å². The fourth-order valence-electron chi connectivity index (χ4n) is 5.01. The highest BCUT2D eigenvalue weighted by Gasteiger charge is 2.42. The molecule has 2 saturated carbocycles. The van der Waals surface area contributed by atoms with E-state index in [1.807, 2.05) is 52.3 Å². The SMILES string of the molecule is CC1(C(=O)N2CCN(C(=O)c3ccc(-c4cccc(CC(=O)C5CC5)c4)cc3)CC2)CCC1. The third-order valence-electron chi connectivity index (χ3n) is 7.63. The van der Waals surface area contributed by atoms with Gasteiger partial charge in [0.2, 0.25) is 5.91 Å². The van der Waals surface area contributed by atoms with Crippen molar-refractivity contribution in [2.24, 2.45) is 11.3 Å². The fourth-order valence-corrected chi connectivity index (χ4v) is 5.01. The molecule has 1 aliphatic heterocycles. The zero-order valence-electron chi connectivity index (χ0n) is 19.4. The Morgan fingerprint density at radius 2 is 1.55 bits per heavy atom. The summed E-state index contributed by atoms with van der Waals surface area (Å²) in [7, 11) is 0. The summed E-state index contributed by atoms with van der Waals surface area (Å²) in [4.78, 5) is 41.7. The quantitative estimate of drug-likeness (QED) is 0.666. The Hall–Kier alpha value is -2.95. The third-order valence-corrected chi connectivity index (χ3v) is 7.63. The summed E-state index contributed by atoms with van der Waals surface area (Å²) in [6.07, 6.45) is 5.69. The molecule has 2 amide bonds. The first kappa shape index (κ1) is 21.9. The van der Waals surface area contributed by atoms with E-state index in [2.05, 4.69) is 13.0 Å². The van der Waals surface area contributed by atoms with Gasteiger partial charge >= 0.3 is 0 Å². The smallest absolute Gasteiger partial charge is 0.253 e. The number of piperazine rings is 1. The van der Waals surface area contributed by atoms with Crippen molar-refractivity contribution in [2.45, 2.75) is 45.4 Å². The van der Waals surface area contributed by atoms with Gasteiger partial charge in [-0.05, 0) is 54.5 Å². The van der Waals surface area contributed by atoms with E-state index in [0.717, 1.165) is 48.8 Å². The first-order valence-electron chi connectivity index (χ1n) is 12.2. The number of nitrogens with zero attached hydrogens (tertiary/aromatic N) is 2. The Morgan fingerprint density at radius 1 is 0.879 bits per heavy atom. The summed E-state index contributed by atoms with van der Waals surface area (Å²) in [5, 5.41) is 0. The predicted molar refractivity (Wildman–Crippen MR) is 128 cm³/mol. The molecule has 2 aromatic carbocycles. The van der Waals surface area contributed by atoms with Crippen LogP contribution in [-0.2, 0) is 16.0 Å². The van der Waals surface area contributed by atoms with Crippen LogP contribution in [0.1, 0.15) is 54.9 Å². The second kappa shape index (κ2) is 8.77. The molecule has 0 N–H and O–H groups in total. The van der Waals surface area contributed by atoms with Gasteiger partial charge in [0, 0.05) is 49.5 Å². The monoisotopic (exact) mass is 444 g/mol. The average Bonchev–Trinajstić information content (AvgIpc) is 3.68. The molecule has 33 heavy (non-hydrogen) atoms. The number of rotatable bonds is 6. The van der Waals surface area contributed by atoms with Gasteiger partial charge in [0.05, 0.1) is 0 Å². The minimum Gasteiger partial charge on any atom is -0.339 e. The minimum atomic E-state index is -0.176. The zero-order chi connectivity index (χ0) is 23.0. The van der Waals surface area contributed by atoms with Crippen LogP contribution in [0.25, 0.3) is 11.1 Å². The molecule has 5 nitrogen and oxygen atoms in total. The Kier molecular flexibility index (Phi) is 5.81. The maximum atomic E-state index is 13.0. The van der Waals surface area contributed by atoms with Crippen molar-refractivity contribution in [3.63, 3.8) is 0 Å². The molecule has 172 valence electrons. The Balaban J connectivity index is 1.20. The van der Waals surface area contributed by atoms with E-state index in [9.17, 15) is 14.4 Å². The van der Waals surface area contributed by atoms with E-state index in [1.54, 1.807) is 0 Å². The van der Waals surface area contributed by atoms with Crippen LogP contribution in [0.2, 0.25) is 0 Å². The van der Waals surface area contributed by atoms with Crippen molar-refractivity contribution in [2.75, 3.05) is 26.2 Å². The Bertz CT molecular complexity index is 1060. The van der Waals surface area contributed by atoms with E-state index in [1.165, 1.54) is 0 Å². The molecule has 5 heteroatoms. The fraction of sp³-hybridized carbons (Fsp3) is 0.464. The van der Waals surface area contributed by atoms with Crippen LogP contribution in [0, 0.1) is 11.3 Å². The van der Waals surface area contributed by atoms with Gasteiger partial charge in [-0.15, -0.1) is 0 Å². The summed E-state index contributed by atoms with van der Waals surface area (Å²) in [6.45, 7) is 4.47. The van der Waals surface area contributed by atoms with Crippen molar-refractivity contribution in [1.82, 2.24) is 9.80 Å². The van der Waals surface area contributed by atoms with Crippen LogP contribution in [0.3, 0.4) is 0 Å². The highest BCUT2D eigenvalue weighted by Crippen LogP contribution is 2.42. The number of hydrogen-bond acceptors (Lipinski definition) is 3. The number of benzene rings is 2. The van der Waals surface area contributed by atoms with Crippen LogP contribution in [-0.4, -0.2) is 53.6 Å². The van der Waals surface area contributed by atoms with Crippen LogP contribution in [0.4, 0.5) is 0 Å². The highest BCUT2D eigenvalue weighted by molar-refractivity contribution is 5.95. The van der Waals surface area contributed by atoms with Crippen molar-refractivity contribution in [3.8, 4) is 11.1 Å². The molecule has 3 aliphatic rings. The molecule has 3 fully saturated rings. The lowest BCUT2D eigenvalue weighted by atomic mass is 9.69. The van der Waals surface area contributed by atoms with Gasteiger partial charge in [0.15, 0.2) is 0 Å². The predicted octanol–water partition coefficient (Wildman–Crippen LogP) is 4.35. The molecule has 0 radical (unpaired) electrons. The molecule has 0 aromatic heterocycles.